The van der Waals surface area contributed by atoms with Crippen LogP contribution >= 0.6 is 0 Å². The van der Waals surface area contributed by atoms with Gasteiger partial charge in [-0.05, 0) is 50.9 Å². The molecule has 5 nitrogen and oxygen atoms in total. The highest BCUT2D eigenvalue weighted by Crippen LogP contribution is 2.34. The van der Waals surface area contributed by atoms with E-state index >= 15 is 0 Å². The van der Waals surface area contributed by atoms with Gasteiger partial charge in [0.05, 0.1) is 0 Å². The van der Waals surface area contributed by atoms with Crippen molar-refractivity contribution in [3.8, 4) is 0 Å². The Bertz CT molecular complexity index is 597. The van der Waals surface area contributed by atoms with Crippen LogP contribution in [0.25, 0.3) is 11.2 Å². The summed E-state index contributed by atoms with van der Waals surface area (Å²) in [5.74, 6) is 1.09. The van der Waals surface area contributed by atoms with E-state index in [9.17, 15) is 0 Å². The molecule has 2 fully saturated rings. The number of nitrogens with zero attached hydrogens (tertiary/aromatic N) is 3. The highest BCUT2D eigenvalue weighted by atomic mass is 16.5. The van der Waals surface area contributed by atoms with E-state index in [1.54, 1.807) is 0 Å². The maximum absolute atomic E-state index is 5.87. The third kappa shape index (κ3) is 2.01. The molecule has 106 valence electrons. The third-order valence-corrected chi connectivity index (χ3v) is 4.37. The van der Waals surface area contributed by atoms with Crippen LogP contribution in [0.3, 0.4) is 0 Å². The van der Waals surface area contributed by atoms with Crippen LogP contribution in [-0.2, 0) is 4.74 Å². The van der Waals surface area contributed by atoms with Gasteiger partial charge in [0.25, 0.3) is 0 Å². The SMILES string of the molecule is c1cnc2c(c1)nc([C@H]1CCCO1)n2C1CCNCC1. The third-order valence-electron chi connectivity index (χ3n) is 4.37. The lowest BCUT2D eigenvalue weighted by Crippen LogP contribution is -2.30. The molecule has 0 amide bonds. The van der Waals surface area contributed by atoms with Gasteiger partial charge < -0.3 is 14.6 Å². The zero-order valence-corrected chi connectivity index (χ0v) is 11.6. The van der Waals surface area contributed by atoms with E-state index in [4.69, 9.17) is 9.72 Å². The molecule has 0 saturated carbocycles. The zero-order chi connectivity index (χ0) is 13.4. The molecular weight excluding hydrogens is 252 g/mol. The van der Waals surface area contributed by atoms with E-state index in [0.717, 1.165) is 62.4 Å². The zero-order valence-electron chi connectivity index (χ0n) is 11.6. The molecule has 0 aliphatic carbocycles. The van der Waals surface area contributed by atoms with Crippen molar-refractivity contribution in [3.63, 3.8) is 0 Å². The Kier molecular flexibility index (Phi) is 3.16. The van der Waals surface area contributed by atoms with Crippen molar-refractivity contribution in [2.45, 2.75) is 37.8 Å². The molecule has 2 aromatic heterocycles. The van der Waals surface area contributed by atoms with E-state index in [1.165, 1.54) is 0 Å². The van der Waals surface area contributed by atoms with Crippen molar-refractivity contribution in [1.29, 1.82) is 0 Å². The van der Waals surface area contributed by atoms with Gasteiger partial charge in [-0.15, -0.1) is 0 Å². The monoisotopic (exact) mass is 272 g/mol. The molecule has 4 rings (SSSR count). The summed E-state index contributed by atoms with van der Waals surface area (Å²) in [7, 11) is 0. The van der Waals surface area contributed by atoms with Gasteiger partial charge in [-0.3, -0.25) is 0 Å². The van der Waals surface area contributed by atoms with Gasteiger partial charge in [-0.1, -0.05) is 0 Å². The summed E-state index contributed by atoms with van der Waals surface area (Å²) in [5.41, 5.74) is 2.02. The molecule has 2 aliphatic heterocycles. The maximum atomic E-state index is 5.87. The molecule has 0 bridgehead atoms. The molecule has 1 atom stereocenters. The van der Waals surface area contributed by atoms with Crippen LogP contribution in [0, 0.1) is 0 Å². The van der Waals surface area contributed by atoms with Crippen molar-refractivity contribution in [1.82, 2.24) is 19.9 Å². The number of ether oxygens (including phenoxy) is 1. The van der Waals surface area contributed by atoms with E-state index < -0.39 is 0 Å². The minimum Gasteiger partial charge on any atom is -0.370 e. The fourth-order valence-electron chi connectivity index (χ4n) is 3.38. The van der Waals surface area contributed by atoms with Crippen molar-refractivity contribution in [2.75, 3.05) is 19.7 Å². The van der Waals surface area contributed by atoms with E-state index in [-0.39, 0.29) is 6.10 Å². The van der Waals surface area contributed by atoms with Gasteiger partial charge in [-0.25, -0.2) is 9.97 Å². The average Bonchev–Trinajstić information content (AvgIpc) is 3.15. The molecule has 2 aliphatic rings. The Morgan fingerprint density at radius 1 is 1.25 bits per heavy atom. The number of rotatable bonds is 2. The van der Waals surface area contributed by atoms with Crippen LogP contribution in [0.5, 0.6) is 0 Å². The maximum Gasteiger partial charge on any atom is 0.160 e. The first-order chi connectivity index (χ1) is 9.93. The fraction of sp³-hybridized carbons (Fsp3) is 0.600. The number of pyridine rings is 1. The summed E-state index contributed by atoms with van der Waals surface area (Å²) in [6.07, 6.45) is 6.51. The Balaban J connectivity index is 1.83. The summed E-state index contributed by atoms with van der Waals surface area (Å²) >= 11 is 0. The van der Waals surface area contributed by atoms with Crippen LogP contribution in [0.15, 0.2) is 18.3 Å². The van der Waals surface area contributed by atoms with Gasteiger partial charge >= 0.3 is 0 Å². The molecule has 0 aromatic carbocycles. The van der Waals surface area contributed by atoms with Gasteiger partial charge in [0.15, 0.2) is 5.65 Å². The minimum atomic E-state index is 0.152. The van der Waals surface area contributed by atoms with Crippen LogP contribution in [0.1, 0.15) is 43.7 Å². The van der Waals surface area contributed by atoms with E-state index in [2.05, 4.69) is 20.9 Å². The first kappa shape index (κ1) is 12.3. The smallest absolute Gasteiger partial charge is 0.160 e. The average molecular weight is 272 g/mol. The van der Waals surface area contributed by atoms with E-state index in [0.29, 0.717) is 6.04 Å². The van der Waals surface area contributed by atoms with Crippen LogP contribution in [0.4, 0.5) is 0 Å². The second-order valence-corrected chi connectivity index (χ2v) is 5.67. The summed E-state index contributed by atoms with van der Waals surface area (Å²) in [4.78, 5) is 9.40. The topological polar surface area (TPSA) is 52.0 Å². The first-order valence-corrected chi connectivity index (χ1v) is 7.58. The molecule has 0 spiro atoms. The summed E-state index contributed by atoms with van der Waals surface area (Å²) in [6, 6.07) is 4.51. The first-order valence-electron chi connectivity index (χ1n) is 7.58. The van der Waals surface area contributed by atoms with Crippen molar-refractivity contribution >= 4 is 11.2 Å². The molecule has 20 heavy (non-hydrogen) atoms. The lowest BCUT2D eigenvalue weighted by molar-refractivity contribution is 0.0998. The van der Waals surface area contributed by atoms with Crippen LogP contribution in [0.2, 0.25) is 0 Å². The summed E-state index contributed by atoms with van der Waals surface area (Å²) in [5, 5.41) is 3.43. The Labute approximate surface area is 118 Å². The van der Waals surface area contributed by atoms with Crippen molar-refractivity contribution in [2.24, 2.45) is 0 Å². The van der Waals surface area contributed by atoms with E-state index in [1.807, 2.05) is 12.3 Å². The quantitative estimate of drug-likeness (QED) is 0.910. The molecule has 5 heteroatoms. The Hall–Kier alpha value is -1.46. The van der Waals surface area contributed by atoms with Gasteiger partial charge in [-0.2, -0.15) is 0 Å². The highest BCUT2D eigenvalue weighted by molar-refractivity contribution is 5.71. The highest BCUT2D eigenvalue weighted by Gasteiger charge is 2.28. The molecule has 1 N–H and O–H groups in total. The number of piperidine rings is 1. The molecule has 2 saturated heterocycles. The molecule has 0 radical (unpaired) electrons. The number of nitrogens with one attached hydrogen (secondary N) is 1. The number of imidazole rings is 1. The van der Waals surface area contributed by atoms with Gasteiger partial charge in [0.1, 0.15) is 17.4 Å². The molecule has 0 unspecified atom stereocenters. The largest absolute Gasteiger partial charge is 0.370 e. The normalized spacial score (nSPS) is 24.5. The predicted octanol–water partition coefficient (Wildman–Crippen LogP) is 2.21. The lowest BCUT2D eigenvalue weighted by atomic mass is 10.1. The standard InChI is InChI=1S/C15H20N4O/c1-3-12-14(17-7-1)19(11-5-8-16-9-6-11)15(18-12)13-4-2-10-20-13/h1,3,7,11,13,16H,2,4-6,8-10H2/t13-/m1/s1. The Morgan fingerprint density at radius 3 is 2.95 bits per heavy atom. The molecular formula is C15H20N4O. The number of hydrogen-bond donors (Lipinski definition) is 1. The number of aromatic nitrogens is 3. The van der Waals surface area contributed by atoms with Crippen molar-refractivity contribution < 1.29 is 4.74 Å². The second kappa shape index (κ2) is 5.14. The van der Waals surface area contributed by atoms with Crippen molar-refractivity contribution in [3.05, 3.63) is 24.2 Å². The van der Waals surface area contributed by atoms with Crippen LogP contribution < -0.4 is 5.32 Å². The number of hydrogen-bond acceptors (Lipinski definition) is 4. The number of fused-ring (bicyclic) bond motifs is 1. The second-order valence-electron chi connectivity index (χ2n) is 5.67. The predicted molar refractivity (Wildman–Crippen MR) is 76.6 cm³/mol. The molecule has 4 heterocycles. The van der Waals surface area contributed by atoms with Crippen LogP contribution in [-0.4, -0.2) is 34.2 Å². The van der Waals surface area contributed by atoms with Gasteiger partial charge in [0.2, 0.25) is 0 Å². The molecule has 2 aromatic rings. The lowest BCUT2D eigenvalue weighted by Gasteiger charge is -2.26. The van der Waals surface area contributed by atoms with Gasteiger partial charge in [0, 0.05) is 18.8 Å². The summed E-state index contributed by atoms with van der Waals surface area (Å²) in [6.45, 7) is 3.00. The summed E-state index contributed by atoms with van der Waals surface area (Å²) < 4.78 is 8.23. The Morgan fingerprint density at radius 2 is 2.15 bits per heavy atom. The minimum absolute atomic E-state index is 0.152. The fourth-order valence-corrected chi connectivity index (χ4v) is 3.38.